The van der Waals surface area contributed by atoms with Gasteiger partial charge in [-0.25, -0.2) is 13.4 Å². The molecule has 1 aromatic heterocycles. The number of piperidine rings is 1. The van der Waals surface area contributed by atoms with Crippen molar-refractivity contribution in [1.82, 2.24) is 20.2 Å². The Balaban J connectivity index is 1.64. The average Bonchev–Trinajstić information content (AvgIpc) is 2.96. The van der Waals surface area contributed by atoms with Gasteiger partial charge in [-0.1, -0.05) is 11.6 Å². The number of likely N-dealkylation sites (tertiary alicyclic amines) is 1. The number of benzene rings is 1. The summed E-state index contributed by atoms with van der Waals surface area (Å²) >= 11 is 6.41. The van der Waals surface area contributed by atoms with Gasteiger partial charge in [0.05, 0.1) is 35.5 Å². The summed E-state index contributed by atoms with van der Waals surface area (Å²) in [6.45, 7) is 11.2. The molecule has 242 valence electrons. The van der Waals surface area contributed by atoms with Crippen LogP contribution in [0.4, 0.5) is 17.5 Å². The van der Waals surface area contributed by atoms with E-state index in [1.807, 2.05) is 0 Å². The molecule has 1 saturated heterocycles. The van der Waals surface area contributed by atoms with Crippen LogP contribution in [0.15, 0.2) is 30.2 Å². The van der Waals surface area contributed by atoms with Crippen LogP contribution < -0.4 is 20.7 Å². The Morgan fingerprint density at radius 2 is 2.00 bits per heavy atom. The molecule has 1 aliphatic carbocycles. The van der Waals surface area contributed by atoms with Crippen LogP contribution in [0.25, 0.3) is 0 Å². The zero-order chi connectivity index (χ0) is 32.2. The highest BCUT2D eigenvalue weighted by molar-refractivity contribution is 8.07. The van der Waals surface area contributed by atoms with Gasteiger partial charge in [0, 0.05) is 25.3 Å². The van der Waals surface area contributed by atoms with E-state index in [1.54, 1.807) is 7.05 Å². The Labute approximate surface area is 266 Å². The van der Waals surface area contributed by atoms with Crippen molar-refractivity contribution in [3.8, 4) is 5.75 Å². The Morgan fingerprint density at radius 3 is 2.61 bits per heavy atom. The van der Waals surface area contributed by atoms with E-state index < -0.39 is 20.1 Å². The van der Waals surface area contributed by atoms with E-state index in [2.05, 4.69) is 63.7 Å². The molecule has 44 heavy (non-hydrogen) atoms. The summed E-state index contributed by atoms with van der Waals surface area (Å²) in [5.74, 6) is 1.42. The van der Waals surface area contributed by atoms with E-state index in [9.17, 15) is 13.5 Å². The van der Waals surface area contributed by atoms with E-state index >= 15 is 0 Å². The first kappa shape index (κ1) is 34.0. The van der Waals surface area contributed by atoms with Crippen LogP contribution >= 0.6 is 11.6 Å². The summed E-state index contributed by atoms with van der Waals surface area (Å²) in [4.78, 5) is 11.3. The van der Waals surface area contributed by atoms with Gasteiger partial charge in [-0.2, -0.15) is 4.98 Å². The first-order chi connectivity index (χ1) is 20.8. The topological polar surface area (TPSA) is 153 Å². The third-order valence-corrected chi connectivity index (χ3v) is 10.8. The van der Waals surface area contributed by atoms with Gasteiger partial charge in [0.1, 0.15) is 10.8 Å². The lowest BCUT2D eigenvalue weighted by molar-refractivity contribution is 0.0355. The zero-order valence-corrected chi connectivity index (χ0v) is 28.1. The lowest BCUT2D eigenvalue weighted by atomic mass is 9.85. The van der Waals surface area contributed by atoms with Crippen molar-refractivity contribution in [2.75, 3.05) is 37.4 Å². The summed E-state index contributed by atoms with van der Waals surface area (Å²) in [5.41, 5.74) is 2.79. The van der Waals surface area contributed by atoms with Crippen molar-refractivity contribution < 1.29 is 18.3 Å². The highest BCUT2D eigenvalue weighted by Crippen LogP contribution is 2.40. The van der Waals surface area contributed by atoms with Crippen molar-refractivity contribution in [3.63, 3.8) is 0 Å². The van der Waals surface area contributed by atoms with E-state index in [0.29, 0.717) is 5.92 Å². The maximum absolute atomic E-state index is 12.7. The highest BCUT2D eigenvalue weighted by atomic mass is 35.5. The van der Waals surface area contributed by atoms with Crippen molar-refractivity contribution >= 4 is 43.9 Å². The number of anilines is 3. The molecule has 0 spiro atoms. The van der Waals surface area contributed by atoms with Crippen LogP contribution in [-0.2, 0) is 9.84 Å². The van der Waals surface area contributed by atoms with Crippen molar-refractivity contribution in [3.05, 3.63) is 46.4 Å². The number of aliphatic hydroxyl groups excluding tert-OH is 1. The fourth-order valence-corrected chi connectivity index (χ4v) is 6.37. The fourth-order valence-electron chi connectivity index (χ4n) is 5.34. The number of aliphatic hydroxyl groups is 1. The normalized spacial score (nSPS) is 18.6. The SMILES string of the molecule is CN/C=C(/Nc1nc(Nc2cc(C)c(C3CCCN(C(C)(C)CO)C3)cc2OC2CCC2)ncc1Cl)C(=N)S(=O)(=O)C(C)C. The Morgan fingerprint density at radius 1 is 1.27 bits per heavy atom. The number of sulfone groups is 1. The van der Waals surface area contributed by atoms with Gasteiger partial charge in [0.2, 0.25) is 5.95 Å². The number of nitrogens with one attached hydrogen (secondary N) is 4. The van der Waals surface area contributed by atoms with Gasteiger partial charge in [0.25, 0.3) is 0 Å². The molecule has 1 aromatic carbocycles. The predicted molar refractivity (Wildman–Crippen MR) is 177 cm³/mol. The van der Waals surface area contributed by atoms with Crippen LogP contribution in [0.1, 0.15) is 76.8 Å². The monoisotopic (exact) mass is 647 g/mol. The smallest absolute Gasteiger partial charge is 0.229 e. The zero-order valence-electron chi connectivity index (χ0n) is 26.5. The predicted octanol–water partition coefficient (Wildman–Crippen LogP) is 5.34. The second-order valence-corrected chi connectivity index (χ2v) is 15.4. The Hall–Kier alpha value is -2.93. The highest BCUT2D eigenvalue weighted by Gasteiger charge is 2.33. The lowest BCUT2D eigenvalue weighted by Crippen LogP contribution is -2.50. The first-order valence-corrected chi connectivity index (χ1v) is 17.1. The number of aryl methyl sites for hydroxylation is 1. The minimum absolute atomic E-state index is 0.00727. The number of ether oxygens (including phenoxy) is 1. The molecule has 1 atom stereocenters. The molecule has 5 N–H and O–H groups in total. The lowest BCUT2D eigenvalue weighted by Gasteiger charge is -2.43. The second kappa shape index (κ2) is 14.0. The number of hydrogen-bond donors (Lipinski definition) is 5. The molecule has 0 amide bonds. The summed E-state index contributed by atoms with van der Waals surface area (Å²) in [7, 11) is -2.25. The van der Waals surface area contributed by atoms with Gasteiger partial charge in [-0.05, 0) is 102 Å². The van der Waals surface area contributed by atoms with E-state index in [-0.39, 0.29) is 40.7 Å². The first-order valence-electron chi connectivity index (χ1n) is 15.2. The Bertz CT molecular complexity index is 1490. The molecule has 11 nitrogen and oxygen atoms in total. The maximum atomic E-state index is 12.7. The minimum Gasteiger partial charge on any atom is -0.488 e. The Kier molecular flexibility index (Phi) is 10.8. The number of nitrogens with zero attached hydrogens (tertiary/aromatic N) is 3. The number of aromatic nitrogens is 2. The number of rotatable bonds is 12. The molecule has 1 unspecified atom stereocenters. The third kappa shape index (κ3) is 7.64. The molecule has 13 heteroatoms. The molecule has 4 rings (SSSR count). The van der Waals surface area contributed by atoms with Crippen molar-refractivity contribution in [1.29, 1.82) is 5.41 Å². The van der Waals surface area contributed by atoms with Gasteiger partial charge < -0.3 is 25.8 Å². The number of hydrogen-bond acceptors (Lipinski definition) is 11. The minimum atomic E-state index is -3.86. The summed E-state index contributed by atoms with van der Waals surface area (Å²) in [5, 5.41) is 26.1. The molecule has 2 fully saturated rings. The van der Waals surface area contributed by atoms with E-state index in [4.69, 9.17) is 21.7 Å². The summed E-state index contributed by atoms with van der Waals surface area (Å²) in [6.07, 6.45) is 8.21. The van der Waals surface area contributed by atoms with Gasteiger partial charge in [-0.15, -0.1) is 0 Å². The van der Waals surface area contributed by atoms with Crippen LogP contribution in [0.2, 0.25) is 5.02 Å². The molecular formula is C31H46ClN7O4S. The third-order valence-electron chi connectivity index (χ3n) is 8.50. The van der Waals surface area contributed by atoms with E-state index in [0.717, 1.165) is 62.2 Å². The van der Waals surface area contributed by atoms with Crippen LogP contribution in [0.5, 0.6) is 5.75 Å². The fraction of sp³-hybridized carbons (Fsp3) is 0.581. The molecule has 1 aliphatic heterocycles. The standard InChI is InChI=1S/C31H46ClN7O4S/c1-19(2)44(41,42)28(33)26(16-34-6)36-29-24(32)15-35-30(38-29)37-25-13-20(3)23(14-27(25)43-22-10-7-11-22)21-9-8-12-39(17-21)31(4,5)18-40/h13-16,19,21-22,33-34,40H,7-12,17-18H2,1-6H3,(H2,35,36,37,38)/b26-16+,33-28?. The maximum Gasteiger partial charge on any atom is 0.229 e. The van der Waals surface area contributed by atoms with E-state index in [1.165, 1.54) is 31.8 Å². The summed E-state index contributed by atoms with van der Waals surface area (Å²) < 4.78 is 31.9. The number of halogens is 1. The molecule has 2 aliphatic rings. The molecule has 2 heterocycles. The van der Waals surface area contributed by atoms with Crippen LogP contribution in [-0.4, -0.2) is 77.1 Å². The quantitative estimate of drug-likeness (QED) is 0.151. The average molecular weight is 648 g/mol. The molecule has 2 aromatic rings. The molecule has 0 bridgehead atoms. The van der Waals surface area contributed by atoms with Crippen LogP contribution in [0.3, 0.4) is 0 Å². The summed E-state index contributed by atoms with van der Waals surface area (Å²) in [6, 6.07) is 4.19. The molecular weight excluding hydrogens is 602 g/mol. The second-order valence-electron chi connectivity index (χ2n) is 12.5. The van der Waals surface area contributed by atoms with Gasteiger partial charge in [0.15, 0.2) is 20.7 Å². The van der Waals surface area contributed by atoms with Crippen molar-refractivity contribution in [2.24, 2.45) is 0 Å². The van der Waals surface area contributed by atoms with Crippen molar-refractivity contribution in [2.45, 2.75) is 89.5 Å². The van der Waals surface area contributed by atoms with Gasteiger partial charge >= 0.3 is 0 Å². The molecule has 0 radical (unpaired) electrons. The largest absolute Gasteiger partial charge is 0.488 e. The van der Waals surface area contributed by atoms with Crippen LogP contribution in [0, 0.1) is 12.3 Å². The molecule has 1 saturated carbocycles. The van der Waals surface area contributed by atoms with Gasteiger partial charge in [-0.3, -0.25) is 10.3 Å².